The van der Waals surface area contributed by atoms with Crippen molar-refractivity contribution in [3.63, 3.8) is 0 Å². The fourth-order valence-corrected chi connectivity index (χ4v) is 3.18. The third-order valence-electron chi connectivity index (χ3n) is 2.47. The number of epoxide rings is 1. The van der Waals surface area contributed by atoms with Crippen LogP contribution in [0.5, 0.6) is 0 Å². The first-order valence-corrected chi connectivity index (χ1v) is 7.87. The summed E-state index contributed by atoms with van der Waals surface area (Å²) in [4.78, 5) is 17.3. The van der Waals surface area contributed by atoms with Crippen LogP contribution in [0, 0.1) is 0 Å². The van der Waals surface area contributed by atoms with E-state index in [9.17, 15) is 0 Å². The highest BCUT2D eigenvalue weighted by Gasteiger charge is 2.44. The topological polar surface area (TPSA) is 62.2 Å². The standard InChI is InChI=1S/C9H6Cl5O4P/c10-4-3(5(11)7(13)8(14)6(4)12)9-2(18-9)1-17-19(15)16/h2,9,15-16H,1H2. The number of ether oxygens (including phenoxy) is 1. The average Bonchev–Trinajstić information content (AvgIpc) is 3.11. The van der Waals surface area contributed by atoms with Gasteiger partial charge in [0, 0.05) is 5.56 Å². The number of hydrogen-bond donors (Lipinski definition) is 2. The van der Waals surface area contributed by atoms with E-state index in [0.717, 1.165) is 0 Å². The van der Waals surface area contributed by atoms with Crippen molar-refractivity contribution in [2.75, 3.05) is 6.61 Å². The molecule has 19 heavy (non-hydrogen) atoms. The average molecular weight is 386 g/mol. The third kappa shape index (κ3) is 3.41. The van der Waals surface area contributed by atoms with Crippen molar-refractivity contribution < 1.29 is 19.0 Å². The summed E-state index contributed by atoms with van der Waals surface area (Å²) in [5.41, 5.74) is 0.413. The summed E-state index contributed by atoms with van der Waals surface area (Å²) in [5, 5.41) is 0.571. The number of hydrogen-bond acceptors (Lipinski definition) is 4. The highest BCUT2D eigenvalue weighted by molar-refractivity contribution is 7.39. The molecule has 0 bridgehead atoms. The van der Waals surface area contributed by atoms with Gasteiger partial charge in [-0.3, -0.25) is 0 Å². The fourth-order valence-electron chi connectivity index (χ4n) is 1.54. The second-order valence-corrected chi connectivity index (χ2v) is 6.28. The van der Waals surface area contributed by atoms with Crippen LogP contribution >= 0.6 is 66.6 Å². The van der Waals surface area contributed by atoms with Gasteiger partial charge in [0.2, 0.25) is 0 Å². The van der Waals surface area contributed by atoms with E-state index in [2.05, 4.69) is 4.52 Å². The van der Waals surface area contributed by atoms with Crippen LogP contribution in [0.25, 0.3) is 0 Å². The lowest BCUT2D eigenvalue weighted by Gasteiger charge is -2.10. The van der Waals surface area contributed by atoms with Gasteiger partial charge in [-0.25, -0.2) is 0 Å². The second-order valence-electron chi connectivity index (χ2n) is 3.63. The van der Waals surface area contributed by atoms with Gasteiger partial charge in [-0.2, -0.15) is 0 Å². The van der Waals surface area contributed by atoms with Crippen molar-refractivity contribution in [2.24, 2.45) is 0 Å². The predicted octanol–water partition coefficient (Wildman–Crippen LogP) is 4.62. The smallest absolute Gasteiger partial charge is 0.327 e. The Kier molecular flexibility index (Phi) is 5.47. The van der Waals surface area contributed by atoms with E-state index in [1.54, 1.807) is 0 Å². The summed E-state index contributed by atoms with van der Waals surface area (Å²) in [5.74, 6) is 0. The molecule has 0 saturated carbocycles. The van der Waals surface area contributed by atoms with Crippen molar-refractivity contribution in [3.8, 4) is 0 Å². The van der Waals surface area contributed by atoms with Crippen molar-refractivity contribution in [1.82, 2.24) is 0 Å². The first kappa shape index (κ1) is 16.3. The maximum absolute atomic E-state index is 8.65. The molecule has 4 nitrogen and oxygen atoms in total. The number of benzene rings is 1. The van der Waals surface area contributed by atoms with Gasteiger partial charge < -0.3 is 19.0 Å². The highest BCUT2D eigenvalue weighted by atomic mass is 35.5. The van der Waals surface area contributed by atoms with Crippen LogP contribution in [0.15, 0.2) is 0 Å². The second kappa shape index (κ2) is 6.37. The van der Waals surface area contributed by atoms with Crippen LogP contribution in [-0.4, -0.2) is 22.5 Å². The van der Waals surface area contributed by atoms with E-state index in [-0.39, 0.29) is 31.7 Å². The Balaban J connectivity index is 2.23. The van der Waals surface area contributed by atoms with Crippen LogP contribution in [0.4, 0.5) is 0 Å². The molecule has 106 valence electrons. The molecule has 1 fully saturated rings. The quantitative estimate of drug-likeness (QED) is 0.343. The number of rotatable bonds is 4. The maximum atomic E-state index is 8.65. The molecule has 10 heteroatoms. The Bertz CT molecular complexity index is 483. The monoisotopic (exact) mass is 384 g/mol. The molecular weight excluding hydrogens is 380 g/mol. The summed E-state index contributed by atoms with van der Waals surface area (Å²) < 4.78 is 9.95. The normalized spacial score (nSPS) is 22.1. The molecule has 0 radical (unpaired) electrons. The molecule has 1 aliphatic heterocycles. The van der Waals surface area contributed by atoms with E-state index in [1.165, 1.54) is 0 Å². The van der Waals surface area contributed by atoms with E-state index in [1.807, 2.05) is 0 Å². The molecule has 1 aromatic rings. The summed E-state index contributed by atoms with van der Waals surface area (Å²) in [7, 11) is -2.43. The molecule has 0 aromatic heterocycles. The summed E-state index contributed by atoms with van der Waals surface area (Å²) in [6, 6.07) is 0. The van der Waals surface area contributed by atoms with Gasteiger partial charge in [0.05, 0.1) is 31.7 Å². The first-order chi connectivity index (χ1) is 8.84. The van der Waals surface area contributed by atoms with Crippen LogP contribution in [-0.2, 0) is 9.26 Å². The molecule has 1 aliphatic rings. The Morgan fingerprint density at radius 3 is 1.89 bits per heavy atom. The van der Waals surface area contributed by atoms with Gasteiger partial charge >= 0.3 is 8.60 Å². The van der Waals surface area contributed by atoms with Gasteiger partial charge in [0.15, 0.2) is 0 Å². The van der Waals surface area contributed by atoms with Gasteiger partial charge in [0.1, 0.15) is 12.2 Å². The minimum Gasteiger partial charge on any atom is -0.362 e. The van der Waals surface area contributed by atoms with Crippen LogP contribution in [0.3, 0.4) is 0 Å². The molecule has 2 unspecified atom stereocenters. The molecule has 0 amide bonds. The Hall–Kier alpha value is 0.940. The van der Waals surface area contributed by atoms with E-state index in [0.29, 0.717) is 5.56 Å². The third-order valence-corrected chi connectivity index (χ3v) is 5.15. The molecule has 2 rings (SSSR count). The Labute approximate surface area is 135 Å². The first-order valence-electron chi connectivity index (χ1n) is 4.82. The van der Waals surface area contributed by atoms with E-state index >= 15 is 0 Å². The summed E-state index contributed by atoms with van der Waals surface area (Å²) in [6.07, 6.45) is -0.866. The zero-order valence-corrected chi connectivity index (χ0v) is 13.6. The fraction of sp³-hybridized carbons (Fsp3) is 0.333. The lowest BCUT2D eigenvalue weighted by atomic mass is 10.1. The van der Waals surface area contributed by atoms with Crippen LogP contribution in [0.1, 0.15) is 11.7 Å². The van der Waals surface area contributed by atoms with Gasteiger partial charge in [0.25, 0.3) is 0 Å². The van der Waals surface area contributed by atoms with Gasteiger partial charge in [-0.15, -0.1) is 0 Å². The molecule has 0 spiro atoms. The molecule has 2 atom stereocenters. The summed E-state index contributed by atoms with van der Waals surface area (Å²) >= 11 is 29.9. The lowest BCUT2D eigenvalue weighted by molar-refractivity contribution is 0.224. The van der Waals surface area contributed by atoms with Crippen LogP contribution < -0.4 is 0 Å². The summed E-state index contributed by atoms with van der Waals surface area (Å²) in [6.45, 7) is -0.00606. The Morgan fingerprint density at radius 2 is 1.42 bits per heavy atom. The lowest BCUT2D eigenvalue weighted by Crippen LogP contribution is -2.00. The molecule has 1 heterocycles. The zero-order valence-electron chi connectivity index (χ0n) is 8.91. The van der Waals surface area contributed by atoms with Gasteiger partial charge in [-0.1, -0.05) is 58.0 Å². The van der Waals surface area contributed by atoms with Crippen LogP contribution in [0.2, 0.25) is 25.1 Å². The molecule has 0 aliphatic carbocycles. The highest BCUT2D eigenvalue weighted by Crippen LogP contribution is 2.52. The Morgan fingerprint density at radius 1 is 0.947 bits per heavy atom. The molecular formula is C9H6Cl5O4P. The van der Waals surface area contributed by atoms with E-state index < -0.39 is 20.8 Å². The molecule has 1 aromatic carbocycles. The van der Waals surface area contributed by atoms with Crippen molar-refractivity contribution >= 4 is 66.6 Å². The largest absolute Gasteiger partial charge is 0.362 e. The van der Waals surface area contributed by atoms with Crippen molar-refractivity contribution in [2.45, 2.75) is 12.2 Å². The molecule has 1 saturated heterocycles. The SMILES string of the molecule is OP(O)OCC1OC1c1c(Cl)c(Cl)c(Cl)c(Cl)c1Cl. The minimum absolute atomic E-state index is 0.00606. The van der Waals surface area contributed by atoms with Gasteiger partial charge in [-0.05, 0) is 0 Å². The zero-order chi connectivity index (χ0) is 14.3. The van der Waals surface area contributed by atoms with E-state index in [4.69, 9.17) is 72.5 Å². The van der Waals surface area contributed by atoms with Crippen molar-refractivity contribution in [3.05, 3.63) is 30.7 Å². The minimum atomic E-state index is -2.43. The van der Waals surface area contributed by atoms with Crippen molar-refractivity contribution in [1.29, 1.82) is 0 Å². The predicted molar refractivity (Wildman–Crippen MR) is 76.4 cm³/mol. The number of halogens is 5. The molecule has 2 N–H and O–H groups in total. The maximum Gasteiger partial charge on any atom is 0.327 e.